The van der Waals surface area contributed by atoms with E-state index in [9.17, 15) is 14.7 Å². The maximum absolute atomic E-state index is 13.8. The SMILES string of the molecule is CCOC(=O)C1=C(C)N=c2s/c(=C\c3cc(Br)cc(OC)c3O)c(=O)n2[C@H]1c1ccc(OC)c(OC)c1. The number of fused-ring (bicyclic) bond motifs is 1. The smallest absolute Gasteiger partial charge is 0.338 e. The zero-order chi connectivity index (χ0) is 26.9. The molecule has 2 heterocycles. The number of aromatic nitrogens is 1. The van der Waals surface area contributed by atoms with Gasteiger partial charge in [0.1, 0.15) is 0 Å². The fourth-order valence-corrected chi connectivity index (χ4v) is 5.62. The number of ether oxygens (including phenoxy) is 4. The number of allylic oxidation sites excluding steroid dienone is 1. The van der Waals surface area contributed by atoms with E-state index < -0.39 is 12.0 Å². The van der Waals surface area contributed by atoms with Gasteiger partial charge in [0.25, 0.3) is 5.56 Å². The number of phenols is 1. The van der Waals surface area contributed by atoms with Crippen molar-refractivity contribution in [2.24, 2.45) is 4.99 Å². The normalized spacial score (nSPS) is 15.2. The lowest BCUT2D eigenvalue weighted by atomic mass is 9.95. The van der Waals surface area contributed by atoms with Crippen molar-refractivity contribution >= 4 is 39.3 Å². The van der Waals surface area contributed by atoms with Crippen LogP contribution in [0.1, 0.15) is 31.0 Å². The number of carbonyl (C=O) groups excluding carboxylic acids is 1. The quantitative estimate of drug-likeness (QED) is 0.422. The minimum Gasteiger partial charge on any atom is -0.504 e. The van der Waals surface area contributed by atoms with Gasteiger partial charge in [-0.15, -0.1) is 0 Å². The molecule has 1 aliphatic heterocycles. The summed E-state index contributed by atoms with van der Waals surface area (Å²) in [4.78, 5) is 31.8. The largest absolute Gasteiger partial charge is 0.504 e. The van der Waals surface area contributed by atoms with Gasteiger partial charge in [0.2, 0.25) is 0 Å². The number of phenolic OH excluding ortho intramolecular Hbond substituents is 1. The van der Waals surface area contributed by atoms with Gasteiger partial charge in [0.15, 0.2) is 27.8 Å². The van der Waals surface area contributed by atoms with Crippen LogP contribution in [0.4, 0.5) is 0 Å². The maximum atomic E-state index is 13.8. The van der Waals surface area contributed by atoms with Crippen LogP contribution >= 0.6 is 27.3 Å². The summed E-state index contributed by atoms with van der Waals surface area (Å²) in [7, 11) is 4.49. The standard InChI is InChI=1S/C26H25BrN2O7S/c1-6-36-25(32)21-13(2)28-26-29(22(21)14-7-8-17(33-3)18(10-14)34-4)24(31)20(37-26)11-15-9-16(27)12-19(35-5)23(15)30/h7-12,22,30H,6H2,1-5H3/b20-11-/t22-/m0/s1. The number of rotatable bonds is 7. The van der Waals surface area contributed by atoms with E-state index in [1.807, 2.05) is 0 Å². The first kappa shape index (κ1) is 26.5. The highest BCUT2D eigenvalue weighted by molar-refractivity contribution is 9.10. The van der Waals surface area contributed by atoms with Gasteiger partial charge in [-0.2, -0.15) is 0 Å². The number of hydrogen-bond acceptors (Lipinski definition) is 9. The molecule has 1 aromatic heterocycles. The van der Waals surface area contributed by atoms with Crippen molar-refractivity contribution in [2.45, 2.75) is 19.9 Å². The Morgan fingerprint density at radius 1 is 1.14 bits per heavy atom. The van der Waals surface area contributed by atoms with Crippen molar-refractivity contribution < 1.29 is 28.8 Å². The van der Waals surface area contributed by atoms with E-state index in [0.29, 0.717) is 42.1 Å². The van der Waals surface area contributed by atoms with Crippen LogP contribution in [-0.4, -0.2) is 43.6 Å². The molecule has 1 atom stereocenters. The molecule has 2 aromatic carbocycles. The van der Waals surface area contributed by atoms with Gasteiger partial charge in [0, 0.05) is 10.0 Å². The summed E-state index contributed by atoms with van der Waals surface area (Å²) in [6, 6.07) is 7.70. The molecular formula is C26H25BrN2O7S. The molecule has 4 rings (SSSR count). The Kier molecular flexibility index (Phi) is 7.74. The van der Waals surface area contributed by atoms with Crippen molar-refractivity contribution in [1.29, 1.82) is 0 Å². The van der Waals surface area contributed by atoms with Gasteiger partial charge in [-0.25, -0.2) is 9.79 Å². The second kappa shape index (κ2) is 10.8. The second-order valence-electron chi connectivity index (χ2n) is 7.96. The molecule has 0 aliphatic carbocycles. The topological polar surface area (TPSA) is 109 Å². The molecule has 1 N–H and O–H groups in total. The summed E-state index contributed by atoms with van der Waals surface area (Å²) in [5.74, 6) is 0.558. The van der Waals surface area contributed by atoms with Crippen LogP contribution in [0, 0.1) is 0 Å². The minimum atomic E-state index is -0.817. The summed E-state index contributed by atoms with van der Waals surface area (Å²) >= 11 is 4.55. The molecule has 0 amide bonds. The molecule has 0 fully saturated rings. The maximum Gasteiger partial charge on any atom is 0.338 e. The van der Waals surface area contributed by atoms with E-state index in [0.717, 1.165) is 11.3 Å². The van der Waals surface area contributed by atoms with Gasteiger partial charge in [-0.3, -0.25) is 9.36 Å². The highest BCUT2D eigenvalue weighted by Gasteiger charge is 2.34. The lowest BCUT2D eigenvalue weighted by Crippen LogP contribution is -2.40. The number of halogens is 1. The van der Waals surface area contributed by atoms with Gasteiger partial charge < -0.3 is 24.1 Å². The van der Waals surface area contributed by atoms with Gasteiger partial charge in [-0.1, -0.05) is 33.3 Å². The Morgan fingerprint density at radius 2 is 1.84 bits per heavy atom. The number of methoxy groups -OCH3 is 3. The molecule has 0 saturated carbocycles. The van der Waals surface area contributed by atoms with Crippen LogP contribution in [0.5, 0.6) is 23.0 Å². The molecule has 0 bridgehead atoms. The van der Waals surface area contributed by atoms with Crippen LogP contribution in [0.2, 0.25) is 0 Å². The van der Waals surface area contributed by atoms with Gasteiger partial charge in [0.05, 0.1) is 49.8 Å². The van der Waals surface area contributed by atoms with Crippen LogP contribution in [-0.2, 0) is 9.53 Å². The van der Waals surface area contributed by atoms with E-state index in [2.05, 4.69) is 20.9 Å². The molecule has 1 aliphatic rings. The first-order chi connectivity index (χ1) is 17.7. The molecule has 9 nitrogen and oxygen atoms in total. The summed E-state index contributed by atoms with van der Waals surface area (Å²) < 4.78 is 23.8. The van der Waals surface area contributed by atoms with E-state index in [1.54, 1.807) is 50.3 Å². The number of carbonyl (C=O) groups is 1. The highest BCUT2D eigenvalue weighted by atomic mass is 79.9. The number of thiazole rings is 1. The number of aromatic hydroxyl groups is 1. The van der Waals surface area contributed by atoms with Crippen LogP contribution in [0.15, 0.2) is 55.9 Å². The van der Waals surface area contributed by atoms with Crippen LogP contribution < -0.4 is 29.1 Å². The lowest BCUT2D eigenvalue weighted by molar-refractivity contribution is -0.139. The zero-order valence-electron chi connectivity index (χ0n) is 20.8. The monoisotopic (exact) mass is 588 g/mol. The average Bonchev–Trinajstić information content (AvgIpc) is 3.18. The van der Waals surface area contributed by atoms with Crippen molar-refractivity contribution in [3.8, 4) is 23.0 Å². The first-order valence-corrected chi connectivity index (χ1v) is 12.8. The van der Waals surface area contributed by atoms with E-state index in [4.69, 9.17) is 18.9 Å². The van der Waals surface area contributed by atoms with Crippen molar-refractivity contribution in [3.63, 3.8) is 0 Å². The third kappa shape index (κ3) is 4.88. The molecule has 37 heavy (non-hydrogen) atoms. The second-order valence-corrected chi connectivity index (χ2v) is 9.89. The predicted octanol–water partition coefficient (Wildman–Crippen LogP) is 3.29. The fraction of sp³-hybridized carbons (Fsp3) is 0.269. The van der Waals surface area contributed by atoms with E-state index >= 15 is 0 Å². The Balaban J connectivity index is 1.99. The molecule has 0 saturated heterocycles. The minimum absolute atomic E-state index is 0.101. The molecule has 194 valence electrons. The number of nitrogens with zero attached hydrogens (tertiary/aromatic N) is 2. The number of hydrogen-bond donors (Lipinski definition) is 1. The Labute approximate surface area is 225 Å². The summed E-state index contributed by atoms with van der Waals surface area (Å²) in [5, 5.41) is 10.6. The predicted molar refractivity (Wildman–Crippen MR) is 142 cm³/mol. The Morgan fingerprint density at radius 3 is 2.49 bits per heavy atom. The Bertz CT molecular complexity index is 1590. The molecule has 3 aromatic rings. The van der Waals surface area contributed by atoms with Crippen molar-refractivity contribution in [3.05, 3.63) is 76.9 Å². The molecular weight excluding hydrogens is 564 g/mol. The molecule has 0 spiro atoms. The highest BCUT2D eigenvalue weighted by Crippen LogP contribution is 2.36. The average molecular weight is 589 g/mol. The van der Waals surface area contributed by atoms with Crippen molar-refractivity contribution in [2.75, 3.05) is 27.9 Å². The lowest BCUT2D eigenvalue weighted by Gasteiger charge is -2.25. The fourth-order valence-electron chi connectivity index (χ4n) is 4.13. The molecule has 0 radical (unpaired) electrons. The van der Waals surface area contributed by atoms with E-state index in [-0.39, 0.29) is 29.2 Å². The summed E-state index contributed by atoms with van der Waals surface area (Å²) in [5.41, 5.74) is 1.32. The van der Waals surface area contributed by atoms with Crippen LogP contribution in [0.3, 0.4) is 0 Å². The van der Waals surface area contributed by atoms with Gasteiger partial charge in [-0.05, 0) is 49.8 Å². The van der Waals surface area contributed by atoms with Crippen molar-refractivity contribution in [1.82, 2.24) is 4.57 Å². The third-order valence-electron chi connectivity index (χ3n) is 5.82. The summed E-state index contributed by atoms with van der Waals surface area (Å²) in [6.45, 7) is 3.60. The molecule has 0 unspecified atom stereocenters. The van der Waals surface area contributed by atoms with Crippen LogP contribution in [0.25, 0.3) is 6.08 Å². The zero-order valence-corrected chi connectivity index (χ0v) is 23.2. The molecule has 11 heteroatoms. The Hall–Kier alpha value is -3.57. The number of benzene rings is 2. The first-order valence-electron chi connectivity index (χ1n) is 11.2. The third-order valence-corrected chi connectivity index (χ3v) is 7.26. The summed E-state index contributed by atoms with van der Waals surface area (Å²) in [6.07, 6.45) is 1.57. The number of esters is 1. The van der Waals surface area contributed by atoms with E-state index in [1.165, 1.54) is 25.9 Å². The van der Waals surface area contributed by atoms with Gasteiger partial charge >= 0.3 is 5.97 Å².